The fourth-order valence-electron chi connectivity index (χ4n) is 7.46. The van der Waals surface area contributed by atoms with Gasteiger partial charge in [-0.1, -0.05) is 48.6 Å². The van der Waals surface area contributed by atoms with Gasteiger partial charge < -0.3 is 24.5 Å². The predicted octanol–water partition coefficient (Wildman–Crippen LogP) is 3.80. The minimum atomic E-state index is -1.19. The van der Waals surface area contributed by atoms with Gasteiger partial charge in [-0.25, -0.2) is 0 Å². The summed E-state index contributed by atoms with van der Waals surface area (Å²) in [6, 6.07) is 14.2. The van der Waals surface area contributed by atoms with E-state index in [9.17, 15) is 19.5 Å². The van der Waals surface area contributed by atoms with Crippen LogP contribution in [0, 0.1) is 25.7 Å². The van der Waals surface area contributed by atoms with Crippen molar-refractivity contribution < 1.29 is 24.2 Å². The number of aliphatic hydroxyl groups is 1. The van der Waals surface area contributed by atoms with Gasteiger partial charge >= 0.3 is 0 Å². The van der Waals surface area contributed by atoms with Gasteiger partial charge in [0.1, 0.15) is 11.6 Å². The van der Waals surface area contributed by atoms with Crippen molar-refractivity contribution in [3.8, 4) is 0 Å². The summed E-state index contributed by atoms with van der Waals surface area (Å²) >= 11 is 0. The van der Waals surface area contributed by atoms with Gasteiger partial charge in [-0.3, -0.25) is 14.4 Å². The van der Waals surface area contributed by atoms with E-state index in [1.807, 2.05) is 69.3 Å². The van der Waals surface area contributed by atoms with Gasteiger partial charge in [0.2, 0.25) is 11.8 Å². The SMILES string of the molecule is C=CCN(C(=O)[C@@H]1[C@H]2C(=O)N(CCO)C(C(=O)N(CC=C)c3c(C)cccc3C)C23CC[C@@]1(C)O3)c1ccccc1. The molecule has 0 aliphatic carbocycles. The number of nitrogens with zero attached hydrogens (tertiary/aromatic N) is 3. The Kier molecular flexibility index (Phi) is 7.66. The molecule has 5 atom stereocenters. The van der Waals surface area contributed by atoms with Gasteiger partial charge in [-0.15, -0.1) is 13.2 Å². The lowest BCUT2D eigenvalue weighted by Gasteiger charge is -2.37. The number of likely N-dealkylation sites (tertiary alicyclic amines) is 1. The van der Waals surface area contributed by atoms with Crippen LogP contribution < -0.4 is 9.80 Å². The van der Waals surface area contributed by atoms with E-state index in [1.165, 1.54) is 4.90 Å². The number of ether oxygens (including phenoxy) is 1. The van der Waals surface area contributed by atoms with E-state index in [0.29, 0.717) is 18.5 Å². The van der Waals surface area contributed by atoms with Crippen LogP contribution in [-0.2, 0) is 19.1 Å². The maximum atomic E-state index is 14.6. The highest BCUT2D eigenvalue weighted by Crippen LogP contribution is 2.63. The molecule has 1 N–H and O–H groups in total. The predicted molar refractivity (Wildman–Crippen MR) is 158 cm³/mol. The summed E-state index contributed by atoms with van der Waals surface area (Å²) in [5.41, 5.74) is 1.21. The lowest BCUT2D eigenvalue weighted by atomic mass is 9.66. The van der Waals surface area contributed by atoms with Gasteiger partial charge in [-0.2, -0.15) is 0 Å². The van der Waals surface area contributed by atoms with Crippen LogP contribution >= 0.6 is 0 Å². The Morgan fingerprint density at radius 2 is 1.63 bits per heavy atom. The van der Waals surface area contributed by atoms with Crippen molar-refractivity contribution in [3.63, 3.8) is 0 Å². The number of hydrogen-bond donors (Lipinski definition) is 1. The van der Waals surface area contributed by atoms with E-state index in [0.717, 1.165) is 16.8 Å². The quantitative estimate of drug-likeness (QED) is 0.449. The molecule has 3 fully saturated rings. The smallest absolute Gasteiger partial charge is 0.253 e. The summed E-state index contributed by atoms with van der Waals surface area (Å²) in [5, 5.41) is 9.99. The van der Waals surface area contributed by atoms with Crippen molar-refractivity contribution in [1.82, 2.24) is 4.90 Å². The number of para-hydroxylation sites is 2. The number of β-amino-alcohol motifs (C(OH)–C–C–N with tert-alkyl or cyclic N) is 1. The Morgan fingerprint density at radius 3 is 2.24 bits per heavy atom. The highest BCUT2D eigenvalue weighted by atomic mass is 16.5. The third kappa shape index (κ3) is 4.41. The highest BCUT2D eigenvalue weighted by molar-refractivity contribution is 6.07. The van der Waals surface area contributed by atoms with Crippen LogP contribution in [0.4, 0.5) is 11.4 Å². The first kappa shape index (κ1) is 28.8. The number of hydrogen-bond acceptors (Lipinski definition) is 5. The zero-order valence-corrected chi connectivity index (χ0v) is 24.1. The summed E-state index contributed by atoms with van der Waals surface area (Å²) < 4.78 is 6.78. The summed E-state index contributed by atoms with van der Waals surface area (Å²) in [4.78, 5) is 48.0. The summed E-state index contributed by atoms with van der Waals surface area (Å²) in [6.45, 7) is 13.7. The second kappa shape index (κ2) is 10.9. The van der Waals surface area contributed by atoms with Crippen LogP contribution in [0.5, 0.6) is 0 Å². The number of aryl methyl sites for hydroxylation is 2. The van der Waals surface area contributed by atoms with E-state index < -0.39 is 29.1 Å². The number of benzene rings is 2. The maximum absolute atomic E-state index is 14.6. The van der Waals surface area contributed by atoms with Crippen molar-refractivity contribution in [2.45, 2.75) is 50.9 Å². The van der Waals surface area contributed by atoms with E-state index >= 15 is 0 Å². The van der Waals surface area contributed by atoms with Crippen LogP contribution in [0.2, 0.25) is 0 Å². The first-order valence-electron chi connectivity index (χ1n) is 14.2. The van der Waals surface area contributed by atoms with Crippen LogP contribution in [-0.4, -0.2) is 71.2 Å². The van der Waals surface area contributed by atoms with Crippen molar-refractivity contribution in [2.24, 2.45) is 11.8 Å². The molecular weight excluding hydrogens is 518 g/mol. The molecule has 8 nitrogen and oxygen atoms in total. The van der Waals surface area contributed by atoms with Crippen LogP contribution in [0.15, 0.2) is 73.8 Å². The number of carbonyl (C=O) groups is 3. The molecule has 2 bridgehead atoms. The Labute approximate surface area is 241 Å². The second-order valence-corrected chi connectivity index (χ2v) is 11.5. The standard InChI is InChI=1S/C33H39N3O5/c1-6-18-34(24-14-9-8-10-15-24)29(38)25-26-30(39)36(20-21-37)28(33(26)17-16-32(25,5)41-33)31(40)35(19-7-2)27-22(3)12-11-13-23(27)4/h6-15,25-26,28,37H,1-2,16-21H2,3-5H3/t25-,26-,28?,32+,33?/m0/s1. The molecule has 3 aliphatic heterocycles. The van der Waals surface area contributed by atoms with Gasteiger partial charge in [0.15, 0.2) is 0 Å². The molecule has 1 spiro atoms. The minimum absolute atomic E-state index is 0.0295. The Bertz CT molecular complexity index is 1360. The molecule has 3 saturated heterocycles. The molecule has 8 heteroatoms. The molecule has 0 radical (unpaired) electrons. The summed E-state index contributed by atoms with van der Waals surface area (Å²) in [5.74, 6) is -2.50. The molecule has 2 unspecified atom stereocenters. The lowest BCUT2D eigenvalue weighted by Crippen LogP contribution is -2.57. The van der Waals surface area contributed by atoms with E-state index in [-0.39, 0.29) is 44.0 Å². The largest absolute Gasteiger partial charge is 0.395 e. The van der Waals surface area contributed by atoms with Crippen molar-refractivity contribution in [3.05, 3.63) is 85.0 Å². The minimum Gasteiger partial charge on any atom is -0.395 e. The monoisotopic (exact) mass is 557 g/mol. The summed E-state index contributed by atoms with van der Waals surface area (Å²) in [6.07, 6.45) is 4.32. The van der Waals surface area contributed by atoms with Crippen molar-refractivity contribution in [2.75, 3.05) is 36.0 Å². The molecule has 3 amide bonds. The Morgan fingerprint density at radius 1 is 1.00 bits per heavy atom. The Hall–Kier alpha value is -3.75. The van der Waals surface area contributed by atoms with E-state index in [4.69, 9.17) is 4.74 Å². The van der Waals surface area contributed by atoms with Gasteiger partial charge in [0.25, 0.3) is 5.91 Å². The highest BCUT2D eigenvalue weighted by Gasteiger charge is 2.78. The molecule has 5 rings (SSSR count). The fraction of sp³-hybridized carbons (Fsp3) is 0.424. The molecule has 41 heavy (non-hydrogen) atoms. The first-order chi connectivity index (χ1) is 19.6. The first-order valence-corrected chi connectivity index (χ1v) is 14.2. The number of rotatable bonds is 10. The molecule has 2 aromatic rings. The molecule has 0 saturated carbocycles. The number of carbonyl (C=O) groups excluding carboxylic acids is 3. The molecule has 0 aromatic heterocycles. The normalized spacial score (nSPS) is 28.0. The zero-order valence-electron chi connectivity index (χ0n) is 24.1. The fourth-order valence-corrected chi connectivity index (χ4v) is 7.46. The number of aliphatic hydroxyl groups excluding tert-OH is 1. The lowest BCUT2D eigenvalue weighted by molar-refractivity contribution is -0.145. The Balaban J connectivity index is 1.60. The number of fused-ring (bicyclic) bond motifs is 1. The second-order valence-electron chi connectivity index (χ2n) is 11.5. The molecule has 216 valence electrons. The molecule has 3 aliphatic rings. The van der Waals surface area contributed by atoms with E-state index in [2.05, 4.69) is 13.2 Å². The third-order valence-corrected chi connectivity index (χ3v) is 9.05. The summed E-state index contributed by atoms with van der Waals surface area (Å²) in [7, 11) is 0. The van der Waals surface area contributed by atoms with Crippen molar-refractivity contribution >= 4 is 29.1 Å². The van der Waals surface area contributed by atoms with Gasteiger partial charge in [-0.05, 0) is 56.9 Å². The maximum Gasteiger partial charge on any atom is 0.253 e. The topological polar surface area (TPSA) is 90.4 Å². The third-order valence-electron chi connectivity index (χ3n) is 9.05. The van der Waals surface area contributed by atoms with Crippen LogP contribution in [0.25, 0.3) is 0 Å². The average Bonchev–Trinajstić information content (AvgIpc) is 3.52. The van der Waals surface area contributed by atoms with Gasteiger partial charge in [0, 0.05) is 31.0 Å². The average molecular weight is 558 g/mol. The zero-order chi connectivity index (χ0) is 29.5. The number of amides is 3. The van der Waals surface area contributed by atoms with E-state index in [1.54, 1.807) is 22.0 Å². The van der Waals surface area contributed by atoms with Gasteiger partial charge in [0.05, 0.1) is 24.0 Å². The number of anilines is 2. The molecule has 2 aromatic carbocycles. The van der Waals surface area contributed by atoms with Crippen LogP contribution in [0.1, 0.15) is 30.9 Å². The van der Waals surface area contributed by atoms with Crippen LogP contribution in [0.3, 0.4) is 0 Å². The van der Waals surface area contributed by atoms with Crippen molar-refractivity contribution in [1.29, 1.82) is 0 Å². The molecular formula is C33H39N3O5. The molecule has 3 heterocycles.